The third-order valence-corrected chi connectivity index (χ3v) is 5.18. The number of rotatable bonds is 2. The molecule has 1 spiro atoms. The van der Waals surface area contributed by atoms with Crippen LogP contribution in [0.1, 0.15) is 33.7 Å². The largest absolute Gasteiger partial charge is 0.484 e. The number of ether oxygens (including phenoxy) is 1. The van der Waals surface area contributed by atoms with Crippen molar-refractivity contribution in [3.05, 3.63) is 60.0 Å². The van der Waals surface area contributed by atoms with Gasteiger partial charge >= 0.3 is 0 Å². The third-order valence-electron chi connectivity index (χ3n) is 5.18. The Morgan fingerprint density at radius 2 is 2.11 bits per heavy atom. The minimum Gasteiger partial charge on any atom is -0.484 e. The van der Waals surface area contributed by atoms with E-state index >= 15 is 0 Å². The fourth-order valence-electron chi connectivity index (χ4n) is 3.84. The predicted octanol–water partition coefficient (Wildman–Crippen LogP) is 2.92. The number of hydrogen-bond donors (Lipinski definition) is 1. The van der Waals surface area contributed by atoms with E-state index in [0.717, 1.165) is 0 Å². The Labute approximate surface area is 154 Å². The van der Waals surface area contributed by atoms with Gasteiger partial charge in [0.25, 0.3) is 5.91 Å². The van der Waals surface area contributed by atoms with E-state index in [2.05, 4.69) is 10.2 Å². The maximum absolute atomic E-state index is 12.9. The van der Waals surface area contributed by atoms with Crippen LogP contribution in [0.3, 0.4) is 0 Å². The maximum atomic E-state index is 12.9. The average molecular weight is 363 g/mol. The van der Waals surface area contributed by atoms with Crippen LogP contribution in [0.4, 0.5) is 0 Å². The van der Waals surface area contributed by atoms with Gasteiger partial charge in [0.15, 0.2) is 17.2 Å². The Hall–Kier alpha value is -3.35. The molecule has 2 aliphatic heterocycles. The number of hydrogen-bond acceptors (Lipinski definition) is 5. The molecule has 136 valence electrons. The van der Waals surface area contributed by atoms with Crippen LogP contribution in [-0.4, -0.2) is 45.5 Å². The molecule has 27 heavy (non-hydrogen) atoms. The van der Waals surface area contributed by atoms with Crippen LogP contribution in [0.2, 0.25) is 0 Å². The lowest BCUT2D eigenvalue weighted by Gasteiger charge is -2.34. The van der Waals surface area contributed by atoms with Crippen molar-refractivity contribution in [1.29, 1.82) is 0 Å². The van der Waals surface area contributed by atoms with Crippen LogP contribution >= 0.6 is 0 Å². The summed E-state index contributed by atoms with van der Waals surface area (Å²) in [6, 6.07) is 12.5. The number of ketones is 1. The van der Waals surface area contributed by atoms with E-state index in [1.807, 2.05) is 18.2 Å². The topological polar surface area (TPSA) is 88.4 Å². The van der Waals surface area contributed by atoms with Crippen LogP contribution < -0.4 is 4.74 Å². The van der Waals surface area contributed by atoms with Crippen molar-refractivity contribution in [2.24, 2.45) is 0 Å². The molecule has 0 bridgehead atoms. The minimum atomic E-state index is -0.652. The summed E-state index contributed by atoms with van der Waals surface area (Å²) in [5.41, 5.74) is 0.931. The van der Waals surface area contributed by atoms with Gasteiger partial charge in [0.1, 0.15) is 17.0 Å². The van der Waals surface area contributed by atoms with Crippen LogP contribution in [0, 0.1) is 0 Å². The van der Waals surface area contributed by atoms with Crippen molar-refractivity contribution in [2.75, 3.05) is 13.1 Å². The SMILES string of the molecule is O=C1CC2(CCN(C(=O)c3cc(-c4ccco4)[nH]n3)C2)Oc2ccccc21. The molecular weight excluding hydrogens is 346 g/mol. The summed E-state index contributed by atoms with van der Waals surface area (Å²) in [5.74, 6) is 1.10. The van der Waals surface area contributed by atoms with E-state index in [1.54, 1.807) is 35.4 Å². The smallest absolute Gasteiger partial charge is 0.274 e. The Kier molecular flexibility index (Phi) is 3.43. The van der Waals surface area contributed by atoms with Crippen molar-refractivity contribution in [2.45, 2.75) is 18.4 Å². The van der Waals surface area contributed by atoms with Crippen LogP contribution in [-0.2, 0) is 0 Å². The molecule has 1 amide bonds. The molecule has 1 saturated heterocycles. The van der Waals surface area contributed by atoms with Crippen molar-refractivity contribution in [1.82, 2.24) is 15.1 Å². The Balaban J connectivity index is 1.35. The number of Topliss-reactive ketones (excluding diaryl/α,β-unsaturated/α-hetero) is 1. The first-order valence-corrected chi connectivity index (χ1v) is 8.83. The number of aromatic nitrogens is 2. The number of benzene rings is 1. The average Bonchev–Trinajstić information content (AvgIpc) is 3.42. The van der Waals surface area contributed by atoms with E-state index < -0.39 is 5.60 Å². The second-order valence-electron chi connectivity index (χ2n) is 7.00. The number of fused-ring (bicyclic) bond motifs is 1. The molecule has 1 N–H and O–H groups in total. The van der Waals surface area contributed by atoms with Crippen molar-refractivity contribution in [3.8, 4) is 17.2 Å². The minimum absolute atomic E-state index is 0.0611. The molecule has 3 aromatic rings. The van der Waals surface area contributed by atoms with Gasteiger partial charge in [0.05, 0.1) is 24.8 Å². The number of furan rings is 1. The summed E-state index contributed by atoms with van der Waals surface area (Å²) >= 11 is 0. The van der Waals surface area contributed by atoms with Gasteiger partial charge in [-0.25, -0.2) is 0 Å². The summed E-state index contributed by atoms with van der Waals surface area (Å²) in [7, 11) is 0. The second kappa shape index (κ2) is 5.84. The summed E-state index contributed by atoms with van der Waals surface area (Å²) in [6.07, 6.45) is 2.47. The number of carbonyl (C=O) groups is 2. The maximum Gasteiger partial charge on any atom is 0.274 e. The Morgan fingerprint density at radius 1 is 1.22 bits per heavy atom. The fraction of sp³-hybridized carbons (Fsp3) is 0.250. The van der Waals surface area contributed by atoms with Gasteiger partial charge in [-0.05, 0) is 24.3 Å². The predicted molar refractivity (Wildman–Crippen MR) is 95.6 cm³/mol. The molecule has 1 unspecified atom stereocenters. The van der Waals surface area contributed by atoms with Gasteiger partial charge in [-0.3, -0.25) is 14.7 Å². The van der Waals surface area contributed by atoms with Crippen molar-refractivity contribution < 1.29 is 18.7 Å². The number of nitrogens with one attached hydrogen (secondary N) is 1. The summed E-state index contributed by atoms with van der Waals surface area (Å²) in [6.45, 7) is 0.895. The molecule has 1 aromatic carbocycles. The zero-order valence-corrected chi connectivity index (χ0v) is 14.5. The van der Waals surface area contributed by atoms with E-state index in [0.29, 0.717) is 48.0 Å². The molecule has 2 aliphatic rings. The first-order valence-electron chi connectivity index (χ1n) is 8.83. The molecule has 1 atom stereocenters. The van der Waals surface area contributed by atoms with Crippen LogP contribution in [0.15, 0.2) is 53.1 Å². The first-order chi connectivity index (χ1) is 13.1. The Morgan fingerprint density at radius 3 is 2.96 bits per heavy atom. The van der Waals surface area contributed by atoms with E-state index in [4.69, 9.17) is 9.15 Å². The van der Waals surface area contributed by atoms with Crippen molar-refractivity contribution in [3.63, 3.8) is 0 Å². The zero-order chi connectivity index (χ0) is 18.4. The van der Waals surface area contributed by atoms with Gasteiger partial charge < -0.3 is 14.1 Å². The van der Waals surface area contributed by atoms with E-state index in [1.165, 1.54) is 0 Å². The molecule has 7 heteroatoms. The lowest BCUT2D eigenvalue weighted by molar-refractivity contribution is 0.0427. The first kappa shape index (κ1) is 15.9. The highest BCUT2D eigenvalue weighted by Gasteiger charge is 2.47. The summed E-state index contributed by atoms with van der Waals surface area (Å²) in [5, 5.41) is 6.94. The van der Waals surface area contributed by atoms with E-state index in [9.17, 15) is 9.59 Å². The molecule has 0 saturated carbocycles. The summed E-state index contributed by atoms with van der Waals surface area (Å²) in [4.78, 5) is 27.1. The highest BCUT2D eigenvalue weighted by atomic mass is 16.5. The molecule has 5 rings (SSSR count). The molecule has 2 aromatic heterocycles. The summed E-state index contributed by atoms with van der Waals surface area (Å²) < 4.78 is 11.5. The second-order valence-corrected chi connectivity index (χ2v) is 7.00. The number of aromatic amines is 1. The molecule has 0 aliphatic carbocycles. The lowest BCUT2D eigenvalue weighted by Crippen LogP contribution is -2.45. The van der Waals surface area contributed by atoms with Gasteiger partial charge in [0, 0.05) is 19.0 Å². The number of H-pyrrole nitrogens is 1. The normalized spacial score (nSPS) is 21.3. The number of nitrogens with zero attached hydrogens (tertiary/aromatic N) is 2. The zero-order valence-electron chi connectivity index (χ0n) is 14.5. The lowest BCUT2D eigenvalue weighted by atomic mass is 9.89. The van der Waals surface area contributed by atoms with Gasteiger partial charge in [-0.1, -0.05) is 12.1 Å². The highest BCUT2D eigenvalue weighted by molar-refractivity contribution is 6.00. The molecule has 4 heterocycles. The third kappa shape index (κ3) is 2.63. The number of amides is 1. The van der Waals surface area contributed by atoms with Gasteiger partial charge in [0.2, 0.25) is 0 Å². The van der Waals surface area contributed by atoms with Crippen LogP contribution in [0.5, 0.6) is 5.75 Å². The number of para-hydroxylation sites is 1. The van der Waals surface area contributed by atoms with Crippen molar-refractivity contribution >= 4 is 11.7 Å². The quantitative estimate of drug-likeness (QED) is 0.756. The standard InChI is InChI=1S/C20H17N3O4/c24-16-11-20(27-17-5-2-1-4-13(16)17)7-8-23(12-20)19(25)15-10-14(21-22-15)18-6-3-9-26-18/h1-6,9-10H,7-8,11-12H2,(H,21,22). The Bertz CT molecular complexity index is 1020. The highest BCUT2D eigenvalue weighted by Crippen LogP contribution is 2.38. The monoisotopic (exact) mass is 363 g/mol. The number of likely N-dealkylation sites (tertiary alicyclic amines) is 1. The van der Waals surface area contributed by atoms with Gasteiger partial charge in [-0.2, -0.15) is 5.10 Å². The fourth-order valence-corrected chi connectivity index (χ4v) is 3.84. The van der Waals surface area contributed by atoms with Gasteiger partial charge in [-0.15, -0.1) is 0 Å². The molecular formula is C20H17N3O4. The molecule has 0 radical (unpaired) electrons. The van der Waals surface area contributed by atoms with Crippen LogP contribution in [0.25, 0.3) is 11.5 Å². The molecule has 7 nitrogen and oxygen atoms in total. The molecule has 1 fully saturated rings. The van der Waals surface area contributed by atoms with E-state index in [-0.39, 0.29) is 18.1 Å². The number of carbonyl (C=O) groups excluding carboxylic acids is 2.